The van der Waals surface area contributed by atoms with Gasteiger partial charge in [-0.1, -0.05) is 13.8 Å². The molecule has 0 spiro atoms. The fourth-order valence-corrected chi connectivity index (χ4v) is 3.28. The molecule has 0 unspecified atom stereocenters. The van der Waals surface area contributed by atoms with Gasteiger partial charge in [0.15, 0.2) is 0 Å². The Hall–Kier alpha value is -1.65. The molecule has 2 saturated heterocycles. The van der Waals surface area contributed by atoms with E-state index in [2.05, 4.69) is 33.6 Å². The molecule has 0 radical (unpaired) electrons. The third-order valence-electron chi connectivity index (χ3n) is 4.52. The topological polar surface area (TPSA) is 49.3 Å². The summed E-state index contributed by atoms with van der Waals surface area (Å²) in [5.74, 6) is 2.63. The molecule has 5 heteroatoms. The van der Waals surface area contributed by atoms with Crippen LogP contribution in [0.2, 0.25) is 0 Å². The second-order valence-electron chi connectivity index (χ2n) is 6.34. The molecule has 0 atom stereocenters. The van der Waals surface area contributed by atoms with E-state index in [1.54, 1.807) is 0 Å². The molecule has 2 fully saturated rings. The molecule has 114 valence electrons. The normalized spacial score (nSPS) is 20.6. The van der Waals surface area contributed by atoms with Crippen LogP contribution < -0.4 is 4.90 Å². The van der Waals surface area contributed by atoms with Crippen LogP contribution in [0.5, 0.6) is 0 Å². The van der Waals surface area contributed by atoms with Gasteiger partial charge in [0.2, 0.25) is 5.91 Å². The Morgan fingerprint density at radius 3 is 2.62 bits per heavy atom. The number of piperidine rings is 1. The van der Waals surface area contributed by atoms with E-state index in [0.717, 1.165) is 57.0 Å². The Kier molecular flexibility index (Phi) is 4.08. The van der Waals surface area contributed by atoms with Gasteiger partial charge in [-0.05, 0) is 25.3 Å². The standard InChI is InChI=1S/C16H24N4O/c1-12(2)16-17-8-5-14(18-16)19-10-6-13(7-11-19)20-9-3-4-15(20)21/h5,8,12-13H,3-4,6-7,9-11H2,1-2H3. The van der Waals surface area contributed by atoms with Gasteiger partial charge in [0.05, 0.1) is 0 Å². The minimum Gasteiger partial charge on any atom is -0.356 e. The summed E-state index contributed by atoms with van der Waals surface area (Å²) in [7, 11) is 0. The number of amides is 1. The van der Waals surface area contributed by atoms with Gasteiger partial charge in [0.1, 0.15) is 11.6 Å². The molecule has 1 aromatic rings. The molecular weight excluding hydrogens is 264 g/mol. The van der Waals surface area contributed by atoms with Crippen LogP contribution in [0, 0.1) is 0 Å². The van der Waals surface area contributed by atoms with Gasteiger partial charge in [-0.25, -0.2) is 9.97 Å². The highest BCUT2D eigenvalue weighted by molar-refractivity contribution is 5.78. The van der Waals surface area contributed by atoms with Crippen LogP contribution in [0.25, 0.3) is 0 Å². The number of carbonyl (C=O) groups is 1. The molecule has 0 aromatic carbocycles. The van der Waals surface area contributed by atoms with Crippen LogP contribution in [0.15, 0.2) is 12.3 Å². The van der Waals surface area contributed by atoms with Crippen LogP contribution in [-0.4, -0.2) is 46.5 Å². The second-order valence-corrected chi connectivity index (χ2v) is 6.34. The molecule has 3 rings (SSSR count). The van der Waals surface area contributed by atoms with Crippen molar-refractivity contribution in [3.8, 4) is 0 Å². The number of nitrogens with zero attached hydrogens (tertiary/aromatic N) is 4. The molecule has 3 heterocycles. The van der Waals surface area contributed by atoms with Crippen LogP contribution in [0.1, 0.15) is 51.3 Å². The Morgan fingerprint density at radius 2 is 2.00 bits per heavy atom. The first kappa shape index (κ1) is 14.3. The maximum Gasteiger partial charge on any atom is 0.222 e. The summed E-state index contributed by atoms with van der Waals surface area (Å²) in [6, 6.07) is 2.43. The Bertz CT molecular complexity index is 509. The molecule has 0 N–H and O–H groups in total. The lowest BCUT2D eigenvalue weighted by molar-refractivity contribution is -0.130. The van der Waals surface area contributed by atoms with Gasteiger partial charge in [0, 0.05) is 44.2 Å². The summed E-state index contributed by atoms with van der Waals surface area (Å²) in [5, 5.41) is 0. The highest BCUT2D eigenvalue weighted by Gasteiger charge is 2.30. The number of aromatic nitrogens is 2. The van der Waals surface area contributed by atoms with Crippen molar-refractivity contribution in [3.63, 3.8) is 0 Å². The number of hydrogen-bond acceptors (Lipinski definition) is 4. The Labute approximate surface area is 126 Å². The molecule has 21 heavy (non-hydrogen) atoms. The van der Waals surface area contributed by atoms with Gasteiger partial charge >= 0.3 is 0 Å². The predicted octanol–water partition coefficient (Wildman–Crippen LogP) is 2.19. The van der Waals surface area contributed by atoms with Crippen molar-refractivity contribution < 1.29 is 4.79 Å². The molecule has 0 saturated carbocycles. The zero-order valence-electron chi connectivity index (χ0n) is 13.0. The lowest BCUT2D eigenvalue weighted by atomic mass is 10.0. The minimum absolute atomic E-state index is 0.345. The van der Waals surface area contributed by atoms with Gasteiger partial charge in [-0.15, -0.1) is 0 Å². The van der Waals surface area contributed by atoms with E-state index < -0.39 is 0 Å². The number of anilines is 1. The van der Waals surface area contributed by atoms with E-state index in [1.165, 1.54) is 0 Å². The fourth-order valence-electron chi connectivity index (χ4n) is 3.28. The molecule has 0 bridgehead atoms. The van der Waals surface area contributed by atoms with Gasteiger partial charge < -0.3 is 9.80 Å². The summed E-state index contributed by atoms with van der Waals surface area (Å²) in [5.41, 5.74) is 0. The molecule has 1 amide bonds. The first-order valence-corrected chi connectivity index (χ1v) is 8.02. The summed E-state index contributed by atoms with van der Waals surface area (Å²) >= 11 is 0. The highest BCUT2D eigenvalue weighted by Crippen LogP contribution is 2.25. The lowest BCUT2D eigenvalue weighted by Crippen LogP contribution is -2.45. The molecule has 0 aliphatic carbocycles. The monoisotopic (exact) mass is 288 g/mol. The second kappa shape index (κ2) is 6.00. The quantitative estimate of drug-likeness (QED) is 0.855. The average Bonchev–Trinajstić information content (AvgIpc) is 2.94. The van der Waals surface area contributed by atoms with Crippen LogP contribution in [-0.2, 0) is 4.79 Å². The zero-order chi connectivity index (χ0) is 14.8. The first-order valence-electron chi connectivity index (χ1n) is 8.02. The van der Waals surface area contributed by atoms with Crippen LogP contribution in [0.4, 0.5) is 5.82 Å². The maximum absolute atomic E-state index is 11.8. The van der Waals surface area contributed by atoms with E-state index in [4.69, 9.17) is 0 Å². The van der Waals surface area contributed by atoms with Gasteiger partial charge in [-0.2, -0.15) is 0 Å². The van der Waals surface area contributed by atoms with Crippen molar-refractivity contribution in [1.82, 2.24) is 14.9 Å². The number of hydrogen-bond donors (Lipinski definition) is 0. The van der Waals surface area contributed by atoms with Crippen molar-refractivity contribution in [3.05, 3.63) is 18.1 Å². The van der Waals surface area contributed by atoms with Crippen LogP contribution >= 0.6 is 0 Å². The fraction of sp³-hybridized carbons (Fsp3) is 0.688. The van der Waals surface area contributed by atoms with Crippen LogP contribution in [0.3, 0.4) is 0 Å². The zero-order valence-corrected chi connectivity index (χ0v) is 13.0. The van der Waals surface area contributed by atoms with E-state index in [-0.39, 0.29) is 0 Å². The van der Waals surface area contributed by atoms with E-state index in [0.29, 0.717) is 17.9 Å². The first-order chi connectivity index (χ1) is 10.1. The van der Waals surface area contributed by atoms with Crippen molar-refractivity contribution >= 4 is 11.7 Å². The predicted molar refractivity (Wildman–Crippen MR) is 82.3 cm³/mol. The summed E-state index contributed by atoms with van der Waals surface area (Å²) < 4.78 is 0. The van der Waals surface area contributed by atoms with Crippen molar-refractivity contribution in [2.45, 2.75) is 51.5 Å². The lowest BCUT2D eigenvalue weighted by Gasteiger charge is -2.37. The van der Waals surface area contributed by atoms with E-state index in [9.17, 15) is 4.79 Å². The van der Waals surface area contributed by atoms with Gasteiger partial charge in [-0.3, -0.25) is 4.79 Å². The average molecular weight is 288 g/mol. The molecule has 2 aliphatic heterocycles. The third-order valence-corrected chi connectivity index (χ3v) is 4.52. The van der Waals surface area contributed by atoms with E-state index >= 15 is 0 Å². The molecule has 5 nitrogen and oxygen atoms in total. The van der Waals surface area contributed by atoms with Crippen molar-refractivity contribution in [2.75, 3.05) is 24.5 Å². The minimum atomic E-state index is 0.345. The third kappa shape index (κ3) is 3.01. The number of carbonyl (C=O) groups excluding carboxylic acids is 1. The number of rotatable bonds is 3. The Balaban J connectivity index is 1.63. The smallest absolute Gasteiger partial charge is 0.222 e. The SMILES string of the molecule is CC(C)c1nccc(N2CCC(N3CCCC3=O)CC2)n1. The van der Waals surface area contributed by atoms with Gasteiger partial charge in [0.25, 0.3) is 0 Å². The largest absolute Gasteiger partial charge is 0.356 e. The van der Waals surface area contributed by atoms with E-state index in [1.807, 2.05) is 12.3 Å². The molecular formula is C16H24N4O. The highest BCUT2D eigenvalue weighted by atomic mass is 16.2. The Morgan fingerprint density at radius 1 is 1.24 bits per heavy atom. The molecule has 2 aliphatic rings. The maximum atomic E-state index is 11.8. The van der Waals surface area contributed by atoms with Crippen molar-refractivity contribution in [1.29, 1.82) is 0 Å². The summed E-state index contributed by atoms with van der Waals surface area (Å²) in [6.45, 7) is 7.13. The summed E-state index contributed by atoms with van der Waals surface area (Å²) in [4.78, 5) is 25.3. The number of likely N-dealkylation sites (tertiary alicyclic amines) is 1. The summed E-state index contributed by atoms with van der Waals surface area (Å²) in [6.07, 6.45) is 5.72. The van der Waals surface area contributed by atoms with Crippen molar-refractivity contribution in [2.24, 2.45) is 0 Å². The molecule has 1 aromatic heterocycles.